The van der Waals surface area contributed by atoms with Gasteiger partial charge < -0.3 is 9.64 Å². The highest BCUT2D eigenvalue weighted by atomic mass is 35.5. The van der Waals surface area contributed by atoms with E-state index < -0.39 is 0 Å². The Labute approximate surface area is 117 Å². The van der Waals surface area contributed by atoms with E-state index in [1.165, 1.54) is 0 Å². The molecule has 0 N–H and O–H groups in total. The molecule has 1 saturated heterocycles. The van der Waals surface area contributed by atoms with E-state index in [2.05, 4.69) is 28.9 Å². The summed E-state index contributed by atoms with van der Waals surface area (Å²) in [6, 6.07) is 5.69. The molecule has 0 aliphatic carbocycles. The maximum absolute atomic E-state index is 6.10. The van der Waals surface area contributed by atoms with Crippen molar-refractivity contribution in [3.63, 3.8) is 0 Å². The van der Waals surface area contributed by atoms with Crippen LogP contribution in [0, 0.1) is 0 Å². The number of nitrogens with zero attached hydrogens (tertiary/aromatic N) is 3. The van der Waals surface area contributed by atoms with E-state index in [0.717, 1.165) is 34.7 Å². The molecule has 5 heteroatoms. The molecule has 0 amide bonds. The Kier molecular flexibility index (Phi) is 3.29. The minimum absolute atomic E-state index is 0.214. The fourth-order valence-corrected chi connectivity index (χ4v) is 2.81. The first-order valence-electron chi connectivity index (χ1n) is 6.45. The maximum atomic E-state index is 6.10. The van der Waals surface area contributed by atoms with Crippen LogP contribution in [-0.2, 0) is 4.74 Å². The van der Waals surface area contributed by atoms with E-state index in [4.69, 9.17) is 16.3 Å². The number of benzene rings is 1. The van der Waals surface area contributed by atoms with Gasteiger partial charge in [-0.3, -0.25) is 0 Å². The van der Waals surface area contributed by atoms with Crippen LogP contribution in [0.4, 0.5) is 5.69 Å². The van der Waals surface area contributed by atoms with Gasteiger partial charge in [0.1, 0.15) is 0 Å². The molecule has 0 spiro atoms. The first-order valence-corrected chi connectivity index (χ1v) is 6.82. The standard InChI is InChI=1S/C14H16ClN3O/c1-9-7-18(8-10(2)19-9)14-6-16-17-13-4-3-11(15)5-12(13)14/h3-6,9-10H,7-8H2,1-2H3. The predicted molar refractivity (Wildman–Crippen MR) is 76.8 cm³/mol. The Morgan fingerprint density at radius 2 is 2.00 bits per heavy atom. The lowest BCUT2D eigenvalue weighted by Gasteiger charge is -2.37. The van der Waals surface area contributed by atoms with Crippen LogP contribution in [0.15, 0.2) is 24.4 Å². The summed E-state index contributed by atoms with van der Waals surface area (Å²) in [6.07, 6.45) is 2.24. The summed E-state index contributed by atoms with van der Waals surface area (Å²) >= 11 is 6.10. The highest BCUT2D eigenvalue weighted by Gasteiger charge is 2.23. The molecule has 1 aliphatic rings. The Morgan fingerprint density at radius 3 is 2.74 bits per heavy atom. The molecule has 4 nitrogen and oxygen atoms in total. The minimum Gasteiger partial charge on any atom is -0.372 e. The topological polar surface area (TPSA) is 38.2 Å². The molecule has 3 rings (SSSR count). The van der Waals surface area contributed by atoms with Gasteiger partial charge in [0.05, 0.1) is 29.6 Å². The van der Waals surface area contributed by atoms with E-state index in [1.807, 2.05) is 24.4 Å². The number of fused-ring (bicyclic) bond motifs is 1. The number of morpholine rings is 1. The lowest BCUT2D eigenvalue weighted by Crippen LogP contribution is -2.45. The van der Waals surface area contributed by atoms with Crippen LogP contribution in [0.1, 0.15) is 13.8 Å². The van der Waals surface area contributed by atoms with Crippen molar-refractivity contribution in [3.05, 3.63) is 29.4 Å². The van der Waals surface area contributed by atoms with Gasteiger partial charge in [0.2, 0.25) is 0 Å². The largest absolute Gasteiger partial charge is 0.372 e. The van der Waals surface area contributed by atoms with Crippen molar-refractivity contribution in [1.29, 1.82) is 0 Å². The Hall–Kier alpha value is -1.39. The first kappa shape index (κ1) is 12.6. The molecule has 0 radical (unpaired) electrons. The molecule has 1 aromatic carbocycles. The van der Waals surface area contributed by atoms with E-state index in [0.29, 0.717) is 0 Å². The summed E-state index contributed by atoms with van der Waals surface area (Å²) < 4.78 is 5.77. The van der Waals surface area contributed by atoms with Crippen LogP contribution >= 0.6 is 11.6 Å². The second kappa shape index (κ2) is 4.94. The van der Waals surface area contributed by atoms with E-state index in [9.17, 15) is 0 Å². The van der Waals surface area contributed by atoms with E-state index >= 15 is 0 Å². The zero-order valence-electron chi connectivity index (χ0n) is 11.0. The maximum Gasteiger partial charge on any atom is 0.0951 e. The molecule has 1 aromatic heterocycles. The molecular weight excluding hydrogens is 262 g/mol. The number of hydrogen-bond donors (Lipinski definition) is 0. The number of aromatic nitrogens is 2. The van der Waals surface area contributed by atoms with Crippen LogP contribution in [0.25, 0.3) is 10.9 Å². The average Bonchev–Trinajstić information content (AvgIpc) is 2.36. The monoisotopic (exact) mass is 277 g/mol. The molecule has 2 heterocycles. The fourth-order valence-electron chi connectivity index (χ4n) is 2.64. The van der Waals surface area contributed by atoms with Crippen molar-refractivity contribution < 1.29 is 4.74 Å². The van der Waals surface area contributed by atoms with Crippen molar-refractivity contribution in [2.75, 3.05) is 18.0 Å². The van der Waals surface area contributed by atoms with Crippen molar-refractivity contribution in [2.24, 2.45) is 0 Å². The van der Waals surface area contributed by atoms with Crippen LogP contribution in [-0.4, -0.2) is 35.5 Å². The highest BCUT2D eigenvalue weighted by molar-refractivity contribution is 6.31. The summed E-state index contributed by atoms with van der Waals surface area (Å²) in [6.45, 7) is 5.90. The smallest absolute Gasteiger partial charge is 0.0951 e. The van der Waals surface area contributed by atoms with Gasteiger partial charge in [-0.2, -0.15) is 10.2 Å². The van der Waals surface area contributed by atoms with E-state index in [1.54, 1.807) is 0 Å². The van der Waals surface area contributed by atoms with Crippen LogP contribution < -0.4 is 4.90 Å². The predicted octanol–water partition coefficient (Wildman–Crippen LogP) is 2.90. The second-order valence-electron chi connectivity index (χ2n) is 5.05. The lowest BCUT2D eigenvalue weighted by molar-refractivity contribution is -0.00515. The third kappa shape index (κ3) is 2.51. The minimum atomic E-state index is 0.214. The third-order valence-electron chi connectivity index (χ3n) is 3.34. The number of hydrogen-bond acceptors (Lipinski definition) is 4. The molecule has 2 aromatic rings. The highest BCUT2D eigenvalue weighted by Crippen LogP contribution is 2.29. The van der Waals surface area contributed by atoms with Gasteiger partial charge in [0.15, 0.2) is 0 Å². The van der Waals surface area contributed by atoms with Crippen molar-refractivity contribution in [1.82, 2.24) is 10.2 Å². The molecule has 1 fully saturated rings. The molecule has 2 atom stereocenters. The quantitative estimate of drug-likeness (QED) is 0.803. The molecule has 0 bridgehead atoms. The molecule has 2 unspecified atom stereocenters. The Morgan fingerprint density at radius 1 is 1.26 bits per heavy atom. The number of anilines is 1. The summed E-state index contributed by atoms with van der Waals surface area (Å²) in [5.41, 5.74) is 1.95. The van der Waals surface area contributed by atoms with E-state index in [-0.39, 0.29) is 12.2 Å². The average molecular weight is 278 g/mol. The third-order valence-corrected chi connectivity index (χ3v) is 3.58. The molecule has 0 saturated carbocycles. The molecule has 100 valence electrons. The molecule has 19 heavy (non-hydrogen) atoms. The SMILES string of the molecule is CC1CN(c2cnnc3ccc(Cl)cc23)CC(C)O1. The van der Waals surface area contributed by atoms with Gasteiger partial charge in [-0.05, 0) is 32.0 Å². The van der Waals surface area contributed by atoms with Crippen molar-refractivity contribution in [3.8, 4) is 0 Å². The van der Waals surface area contributed by atoms with Gasteiger partial charge in [0.25, 0.3) is 0 Å². The zero-order chi connectivity index (χ0) is 13.4. The van der Waals surface area contributed by atoms with Gasteiger partial charge in [0, 0.05) is 23.5 Å². The van der Waals surface area contributed by atoms with Gasteiger partial charge in [-0.25, -0.2) is 0 Å². The Bertz CT molecular complexity index is 594. The van der Waals surface area contributed by atoms with Crippen LogP contribution in [0.3, 0.4) is 0 Å². The summed E-state index contributed by atoms with van der Waals surface area (Å²) in [5.74, 6) is 0. The van der Waals surface area contributed by atoms with Crippen LogP contribution in [0.2, 0.25) is 5.02 Å². The Balaban J connectivity index is 2.06. The number of rotatable bonds is 1. The normalized spacial score (nSPS) is 23.8. The number of ether oxygens (including phenoxy) is 1. The zero-order valence-corrected chi connectivity index (χ0v) is 11.8. The lowest BCUT2D eigenvalue weighted by atomic mass is 10.1. The van der Waals surface area contributed by atoms with Crippen molar-refractivity contribution in [2.45, 2.75) is 26.1 Å². The van der Waals surface area contributed by atoms with Crippen molar-refractivity contribution >= 4 is 28.2 Å². The summed E-state index contributed by atoms with van der Waals surface area (Å²) in [5, 5.41) is 10.0. The summed E-state index contributed by atoms with van der Waals surface area (Å²) in [4.78, 5) is 2.30. The summed E-state index contributed by atoms with van der Waals surface area (Å²) in [7, 11) is 0. The van der Waals surface area contributed by atoms with Gasteiger partial charge >= 0.3 is 0 Å². The van der Waals surface area contributed by atoms with Crippen LogP contribution in [0.5, 0.6) is 0 Å². The van der Waals surface area contributed by atoms with Gasteiger partial charge in [-0.15, -0.1) is 0 Å². The van der Waals surface area contributed by atoms with Gasteiger partial charge in [-0.1, -0.05) is 11.6 Å². The second-order valence-corrected chi connectivity index (χ2v) is 5.49. The number of halogens is 1. The molecule has 1 aliphatic heterocycles. The first-order chi connectivity index (χ1) is 9.13. The fraction of sp³-hybridized carbons (Fsp3) is 0.429. The molecular formula is C14H16ClN3O.